The zero-order valence-electron chi connectivity index (χ0n) is 31.1. The van der Waals surface area contributed by atoms with Gasteiger partial charge in [-0.05, 0) is 80.4 Å². The van der Waals surface area contributed by atoms with Gasteiger partial charge in [0.1, 0.15) is 12.2 Å². The van der Waals surface area contributed by atoms with Gasteiger partial charge in [0.25, 0.3) is 0 Å². The highest BCUT2D eigenvalue weighted by atomic mass is 16.7. The van der Waals surface area contributed by atoms with E-state index in [1.54, 1.807) is 0 Å². The van der Waals surface area contributed by atoms with Crippen LogP contribution in [-0.2, 0) is 28.7 Å². The highest BCUT2D eigenvalue weighted by molar-refractivity contribution is 5.78. The zero-order valence-corrected chi connectivity index (χ0v) is 31.1. The van der Waals surface area contributed by atoms with Gasteiger partial charge in [-0.15, -0.1) is 0 Å². The van der Waals surface area contributed by atoms with E-state index in [1.165, 1.54) is 51.4 Å². The molecule has 46 heavy (non-hydrogen) atoms. The Morgan fingerprint density at radius 1 is 0.543 bits per heavy atom. The zero-order chi connectivity index (χ0) is 34.4. The minimum atomic E-state index is -0.584. The van der Waals surface area contributed by atoms with Crippen molar-refractivity contribution in [3.63, 3.8) is 0 Å². The third-order valence-electron chi connectivity index (χ3n) is 9.33. The van der Waals surface area contributed by atoms with Gasteiger partial charge >= 0.3 is 11.9 Å². The number of nitrogens with zero attached hydrogens (tertiary/aromatic N) is 2. The van der Waals surface area contributed by atoms with Gasteiger partial charge in [0.15, 0.2) is 0 Å². The maximum atomic E-state index is 13.0. The number of rotatable bonds is 21. The van der Waals surface area contributed by atoms with Crippen LogP contribution in [0.15, 0.2) is 24.3 Å². The van der Waals surface area contributed by atoms with E-state index in [0.29, 0.717) is 13.2 Å². The quantitative estimate of drug-likeness (QED) is 0.0693. The Kier molecular flexibility index (Phi) is 16.4. The lowest BCUT2D eigenvalue weighted by atomic mass is 9.85. The normalized spacial score (nSPS) is 23.3. The lowest BCUT2D eigenvalue weighted by molar-refractivity contribution is -0.276. The Labute approximate surface area is 281 Å². The molecular weight excluding hydrogens is 580 g/mol. The first kappa shape index (κ1) is 40.4. The molecule has 2 aliphatic rings. The smallest absolute Gasteiger partial charge is 0.307 e. The van der Waals surface area contributed by atoms with Crippen LogP contribution < -0.4 is 0 Å². The molecule has 0 aromatic heterocycles. The van der Waals surface area contributed by atoms with Crippen molar-refractivity contribution in [2.45, 2.75) is 193 Å². The van der Waals surface area contributed by atoms with Crippen LogP contribution in [-0.4, -0.2) is 69.6 Å². The summed E-state index contributed by atoms with van der Waals surface area (Å²) in [5.41, 5.74) is -1.86. The summed E-state index contributed by atoms with van der Waals surface area (Å²) in [4.78, 5) is 38.6. The molecule has 0 aromatic rings. The van der Waals surface area contributed by atoms with Crippen molar-refractivity contribution in [1.29, 1.82) is 0 Å². The standard InChI is InChI=1S/C38H68N2O6/c1-11-13-15-17-19-21-29-43-39-35(3,4)27-25-31(37(39,7)8)45-33(41)23-24-34(42)46-32-26-28-36(5,6)40(38(32,9)10)44-30-22-20-18-16-14-12-2/h25-28,31-32H,11-24,29-30H2,1-10H3. The average molecular weight is 649 g/mol. The number of esters is 2. The van der Waals surface area contributed by atoms with Crippen molar-refractivity contribution in [3.8, 4) is 0 Å². The molecule has 2 heterocycles. The maximum absolute atomic E-state index is 13.0. The molecule has 2 aliphatic heterocycles. The molecule has 2 atom stereocenters. The highest BCUT2D eigenvalue weighted by Crippen LogP contribution is 2.38. The van der Waals surface area contributed by atoms with Gasteiger partial charge in [-0.2, -0.15) is 10.1 Å². The van der Waals surface area contributed by atoms with Gasteiger partial charge in [0.2, 0.25) is 0 Å². The molecule has 8 nitrogen and oxygen atoms in total. The summed E-state index contributed by atoms with van der Waals surface area (Å²) < 4.78 is 11.8. The monoisotopic (exact) mass is 649 g/mol. The van der Waals surface area contributed by atoms with Gasteiger partial charge in [0.05, 0.1) is 48.2 Å². The number of unbranched alkanes of at least 4 members (excludes halogenated alkanes) is 10. The Morgan fingerprint density at radius 3 is 1.22 bits per heavy atom. The number of hydrogen-bond acceptors (Lipinski definition) is 8. The molecule has 0 bridgehead atoms. The largest absolute Gasteiger partial charge is 0.456 e. The Hall–Kier alpha value is -1.74. The van der Waals surface area contributed by atoms with Crippen molar-refractivity contribution >= 4 is 11.9 Å². The van der Waals surface area contributed by atoms with E-state index in [0.717, 1.165) is 25.7 Å². The van der Waals surface area contributed by atoms with E-state index >= 15 is 0 Å². The van der Waals surface area contributed by atoms with E-state index in [1.807, 2.05) is 62.1 Å². The van der Waals surface area contributed by atoms with Gasteiger partial charge < -0.3 is 9.47 Å². The molecule has 2 unspecified atom stereocenters. The predicted molar refractivity (Wildman–Crippen MR) is 186 cm³/mol. The predicted octanol–water partition coefficient (Wildman–Crippen LogP) is 9.03. The molecular formula is C38H68N2O6. The number of carbonyl (C=O) groups excluding carboxylic acids is 2. The van der Waals surface area contributed by atoms with E-state index in [4.69, 9.17) is 19.1 Å². The van der Waals surface area contributed by atoms with Crippen LogP contribution in [0.25, 0.3) is 0 Å². The summed E-state index contributed by atoms with van der Waals surface area (Å²) in [6.07, 6.45) is 21.1. The lowest BCUT2D eigenvalue weighted by Crippen LogP contribution is -2.63. The van der Waals surface area contributed by atoms with Crippen LogP contribution in [0.3, 0.4) is 0 Å². The topological polar surface area (TPSA) is 77.5 Å². The number of carbonyl (C=O) groups is 2. The molecule has 8 heteroatoms. The SMILES string of the molecule is CCCCCCCCON1C(C)(C)C=CC(OC(=O)CCC(=O)OC2C=CC(C)(C)N(OCCCCCCCC)C2(C)C)C1(C)C. The van der Waals surface area contributed by atoms with Crippen LogP contribution in [0.5, 0.6) is 0 Å². The summed E-state index contributed by atoms with van der Waals surface area (Å²) >= 11 is 0. The number of hydrogen-bond donors (Lipinski definition) is 0. The number of hydroxylamine groups is 4. The van der Waals surface area contributed by atoms with Gasteiger partial charge in [-0.3, -0.25) is 19.3 Å². The Balaban J connectivity index is 1.88. The fraction of sp³-hybridized carbons (Fsp3) is 0.842. The molecule has 0 N–H and O–H groups in total. The summed E-state index contributed by atoms with van der Waals surface area (Å²) in [7, 11) is 0. The molecule has 0 saturated heterocycles. The maximum Gasteiger partial charge on any atom is 0.307 e. The van der Waals surface area contributed by atoms with E-state index in [-0.39, 0.29) is 23.9 Å². The second kappa shape index (κ2) is 18.7. The second-order valence-electron chi connectivity index (χ2n) is 15.4. The highest BCUT2D eigenvalue weighted by Gasteiger charge is 2.49. The number of ether oxygens (including phenoxy) is 2. The van der Waals surface area contributed by atoms with Gasteiger partial charge in [0, 0.05) is 0 Å². The molecule has 0 aliphatic carbocycles. The van der Waals surface area contributed by atoms with Crippen molar-refractivity contribution < 1.29 is 28.7 Å². The molecule has 0 radical (unpaired) electrons. The minimum Gasteiger partial charge on any atom is -0.456 e. The molecule has 0 spiro atoms. The average Bonchev–Trinajstić information content (AvgIpc) is 2.97. The molecule has 0 saturated carbocycles. The van der Waals surface area contributed by atoms with Crippen LogP contribution in [0.2, 0.25) is 0 Å². The summed E-state index contributed by atoms with van der Waals surface area (Å²) in [6, 6.07) is 0. The first-order valence-electron chi connectivity index (χ1n) is 18.2. The summed E-state index contributed by atoms with van der Waals surface area (Å²) in [5.74, 6) is -0.863. The molecule has 0 fully saturated rings. The third kappa shape index (κ3) is 12.1. The van der Waals surface area contributed by atoms with Crippen LogP contribution in [0.4, 0.5) is 0 Å². The molecule has 0 aromatic carbocycles. The fourth-order valence-corrected chi connectivity index (χ4v) is 6.68. The van der Waals surface area contributed by atoms with Crippen molar-refractivity contribution in [2.24, 2.45) is 0 Å². The first-order chi connectivity index (χ1) is 21.6. The first-order valence-corrected chi connectivity index (χ1v) is 18.2. The van der Waals surface area contributed by atoms with Crippen molar-refractivity contribution in [1.82, 2.24) is 10.1 Å². The van der Waals surface area contributed by atoms with Crippen LogP contribution in [0.1, 0.15) is 159 Å². The lowest BCUT2D eigenvalue weighted by Gasteiger charge is -2.51. The van der Waals surface area contributed by atoms with Gasteiger partial charge in [-0.25, -0.2) is 0 Å². The van der Waals surface area contributed by atoms with Crippen molar-refractivity contribution in [2.75, 3.05) is 13.2 Å². The van der Waals surface area contributed by atoms with E-state index in [2.05, 4.69) is 41.5 Å². The van der Waals surface area contributed by atoms with Crippen molar-refractivity contribution in [3.05, 3.63) is 24.3 Å². The Bertz CT molecular complexity index is 908. The minimum absolute atomic E-state index is 0.0537. The van der Waals surface area contributed by atoms with Crippen LogP contribution in [0, 0.1) is 0 Å². The molecule has 2 rings (SSSR count). The molecule has 0 amide bonds. The third-order valence-corrected chi connectivity index (χ3v) is 9.33. The summed E-state index contributed by atoms with van der Waals surface area (Å²) in [5, 5.41) is 3.94. The van der Waals surface area contributed by atoms with Gasteiger partial charge in [-0.1, -0.05) is 90.2 Å². The van der Waals surface area contributed by atoms with E-state index in [9.17, 15) is 9.59 Å². The Morgan fingerprint density at radius 2 is 0.870 bits per heavy atom. The summed E-state index contributed by atoms with van der Waals surface area (Å²) in [6.45, 7) is 22.2. The molecule has 266 valence electrons. The van der Waals surface area contributed by atoms with Crippen LogP contribution >= 0.6 is 0 Å². The second-order valence-corrected chi connectivity index (χ2v) is 15.4. The fourth-order valence-electron chi connectivity index (χ4n) is 6.68. The van der Waals surface area contributed by atoms with E-state index < -0.39 is 35.2 Å².